The first-order chi connectivity index (χ1) is 10.00. The SMILES string of the molecule is Cc1cc(C(=O)N2CCC(c3ccccc3)S2(=O)=O)sn1. The van der Waals surface area contributed by atoms with Crippen LogP contribution in [0, 0.1) is 6.92 Å². The van der Waals surface area contributed by atoms with E-state index in [1.54, 1.807) is 25.1 Å². The van der Waals surface area contributed by atoms with Crippen molar-refractivity contribution in [1.29, 1.82) is 0 Å². The average molecular weight is 322 g/mol. The smallest absolute Gasteiger partial charge is 0.267 e. The van der Waals surface area contributed by atoms with E-state index in [0.717, 1.165) is 27.1 Å². The molecule has 1 saturated heterocycles. The van der Waals surface area contributed by atoms with Crippen molar-refractivity contribution in [2.45, 2.75) is 18.6 Å². The standard InChI is InChI=1S/C14H14N2O3S2/c1-10-9-12(20-15-10)14(17)16-8-7-13(21(16,18)19)11-5-3-2-4-6-11/h2-6,9,13H,7-8H2,1H3. The van der Waals surface area contributed by atoms with Gasteiger partial charge >= 0.3 is 0 Å². The predicted octanol–water partition coefficient (Wildman–Crippen LogP) is 2.37. The van der Waals surface area contributed by atoms with Gasteiger partial charge < -0.3 is 0 Å². The first-order valence-corrected chi connectivity index (χ1v) is 8.82. The van der Waals surface area contributed by atoms with Crippen molar-refractivity contribution in [3.05, 3.63) is 52.5 Å². The lowest BCUT2D eigenvalue weighted by Crippen LogP contribution is -2.32. The summed E-state index contributed by atoms with van der Waals surface area (Å²) >= 11 is 1.04. The zero-order chi connectivity index (χ0) is 15.0. The normalized spacial score (nSPS) is 20.6. The number of rotatable bonds is 2. The Morgan fingerprint density at radius 2 is 2.05 bits per heavy atom. The highest BCUT2D eigenvalue weighted by Crippen LogP contribution is 2.36. The number of amides is 1. The maximum atomic E-state index is 12.6. The Hall–Kier alpha value is -1.73. The minimum absolute atomic E-state index is 0.220. The zero-order valence-corrected chi connectivity index (χ0v) is 13.0. The van der Waals surface area contributed by atoms with E-state index >= 15 is 0 Å². The number of aryl methyl sites for hydroxylation is 1. The highest BCUT2D eigenvalue weighted by atomic mass is 32.2. The molecular weight excluding hydrogens is 308 g/mol. The fourth-order valence-electron chi connectivity index (χ4n) is 2.47. The molecule has 5 nitrogen and oxygen atoms in total. The van der Waals surface area contributed by atoms with Crippen LogP contribution < -0.4 is 0 Å². The molecule has 1 fully saturated rings. The summed E-state index contributed by atoms with van der Waals surface area (Å²) < 4.78 is 30.2. The third-order valence-electron chi connectivity index (χ3n) is 3.50. The van der Waals surface area contributed by atoms with Crippen LogP contribution in [0.25, 0.3) is 0 Å². The first kappa shape index (κ1) is 14.2. The van der Waals surface area contributed by atoms with Crippen molar-refractivity contribution in [2.24, 2.45) is 0 Å². The zero-order valence-electron chi connectivity index (χ0n) is 11.4. The number of benzene rings is 1. The van der Waals surface area contributed by atoms with Crippen molar-refractivity contribution >= 4 is 27.5 Å². The van der Waals surface area contributed by atoms with E-state index in [1.807, 2.05) is 18.2 Å². The molecule has 0 spiro atoms. The molecule has 1 aliphatic rings. The Kier molecular flexibility index (Phi) is 3.54. The molecule has 0 aliphatic carbocycles. The number of aromatic nitrogens is 1. The van der Waals surface area contributed by atoms with Gasteiger partial charge in [0, 0.05) is 6.54 Å². The number of nitrogens with zero attached hydrogens (tertiary/aromatic N) is 2. The molecule has 1 aliphatic heterocycles. The van der Waals surface area contributed by atoms with Crippen molar-refractivity contribution in [2.75, 3.05) is 6.54 Å². The third kappa shape index (κ3) is 2.47. The van der Waals surface area contributed by atoms with E-state index in [4.69, 9.17) is 0 Å². The Bertz CT molecular complexity index is 769. The molecule has 0 radical (unpaired) electrons. The molecule has 7 heteroatoms. The van der Waals surface area contributed by atoms with Gasteiger partial charge in [0.05, 0.1) is 5.69 Å². The summed E-state index contributed by atoms with van der Waals surface area (Å²) in [6.45, 7) is 2.00. The van der Waals surface area contributed by atoms with E-state index in [1.165, 1.54) is 0 Å². The number of hydrogen-bond donors (Lipinski definition) is 0. The molecule has 2 heterocycles. The van der Waals surface area contributed by atoms with Gasteiger partial charge in [-0.3, -0.25) is 4.79 Å². The average Bonchev–Trinajstić information content (AvgIpc) is 3.02. The van der Waals surface area contributed by atoms with E-state index < -0.39 is 21.2 Å². The molecule has 1 aromatic carbocycles. The summed E-state index contributed by atoms with van der Waals surface area (Å²) in [5.74, 6) is -0.473. The van der Waals surface area contributed by atoms with Crippen molar-refractivity contribution in [1.82, 2.24) is 8.68 Å². The topological polar surface area (TPSA) is 67.3 Å². The molecule has 110 valence electrons. The Balaban J connectivity index is 1.92. The molecule has 1 atom stereocenters. The molecule has 1 unspecified atom stereocenters. The van der Waals surface area contributed by atoms with E-state index in [2.05, 4.69) is 4.37 Å². The van der Waals surface area contributed by atoms with Gasteiger partial charge in [0.2, 0.25) is 10.0 Å². The number of carbonyl (C=O) groups excluding carboxylic acids is 1. The second kappa shape index (κ2) is 5.23. The van der Waals surface area contributed by atoms with Crippen LogP contribution in [0.1, 0.15) is 32.6 Å². The van der Waals surface area contributed by atoms with Gasteiger partial charge in [-0.2, -0.15) is 4.37 Å². The van der Waals surface area contributed by atoms with Gasteiger partial charge in [-0.15, -0.1) is 0 Å². The molecular formula is C14H14N2O3S2. The van der Waals surface area contributed by atoms with Gasteiger partial charge in [-0.05, 0) is 36.5 Å². The Morgan fingerprint density at radius 3 is 2.67 bits per heavy atom. The molecule has 1 aromatic heterocycles. The number of hydrogen-bond acceptors (Lipinski definition) is 5. The fourth-order valence-corrected chi connectivity index (χ4v) is 5.14. The minimum Gasteiger partial charge on any atom is -0.267 e. The van der Waals surface area contributed by atoms with Gasteiger partial charge in [0.25, 0.3) is 5.91 Å². The van der Waals surface area contributed by atoms with Crippen LogP contribution in [-0.2, 0) is 10.0 Å². The number of carbonyl (C=O) groups is 1. The van der Waals surface area contributed by atoms with Gasteiger partial charge in [-0.25, -0.2) is 12.7 Å². The number of sulfonamides is 1. The van der Waals surface area contributed by atoms with Crippen LogP contribution >= 0.6 is 11.5 Å². The van der Waals surface area contributed by atoms with Crippen molar-refractivity contribution < 1.29 is 13.2 Å². The summed E-state index contributed by atoms with van der Waals surface area (Å²) in [6, 6.07) is 10.6. The van der Waals surface area contributed by atoms with Crippen LogP contribution in [-0.4, -0.2) is 29.5 Å². The van der Waals surface area contributed by atoms with Crippen LogP contribution in [0.15, 0.2) is 36.4 Å². The van der Waals surface area contributed by atoms with Crippen molar-refractivity contribution in [3.63, 3.8) is 0 Å². The monoisotopic (exact) mass is 322 g/mol. The highest BCUT2D eigenvalue weighted by molar-refractivity contribution is 7.90. The maximum Gasteiger partial charge on any atom is 0.279 e. The fraction of sp³-hybridized carbons (Fsp3) is 0.286. The maximum absolute atomic E-state index is 12.6. The van der Waals surface area contributed by atoms with E-state index in [9.17, 15) is 13.2 Å². The second-order valence-corrected chi connectivity index (χ2v) is 7.79. The summed E-state index contributed by atoms with van der Waals surface area (Å²) in [7, 11) is -3.66. The third-order valence-corrected chi connectivity index (χ3v) is 6.56. The van der Waals surface area contributed by atoms with Crippen LogP contribution in [0.2, 0.25) is 0 Å². The molecule has 2 aromatic rings. The molecule has 0 saturated carbocycles. The summed E-state index contributed by atoms with van der Waals surface area (Å²) in [5.41, 5.74) is 1.45. The Morgan fingerprint density at radius 1 is 1.33 bits per heavy atom. The lowest BCUT2D eigenvalue weighted by atomic mass is 10.1. The first-order valence-electron chi connectivity index (χ1n) is 6.54. The van der Waals surface area contributed by atoms with Gasteiger partial charge in [-0.1, -0.05) is 30.3 Å². The summed E-state index contributed by atoms with van der Waals surface area (Å²) in [5, 5.41) is -0.642. The van der Waals surface area contributed by atoms with E-state index in [-0.39, 0.29) is 6.54 Å². The summed E-state index contributed by atoms with van der Waals surface area (Å²) in [4.78, 5) is 12.7. The van der Waals surface area contributed by atoms with Gasteiger partial charge in [0.15, 0.2) is 0 Å². The largest absolute Gasteiger partial charge is 0.279 e. The lowest BCUT2D eigenvalue weighted by Gasteiger charge is -2.16. The molecule has 0 N–H and O–H groups in total. The highest BCUT2D eigenvalue weighted by Gasteiger charge is 2.43. The lowest BCUT2D eigenvalue weighted by molar-refractivity contribution is 0.0874. The molecule has 0 bridgehead atoms. The second-order valence-electron chi connectivity index (χ2n) is 4.94. The van der Waals surface area contributed by atoms with Crippen molar-refractivity contribution in [3.8, 4) is 0 Å². The minimum atomic E-state index is -3.66. The molecule has 1 amide bonds. The molecule has 21 heavy (non-hydrogen) atoms. The Labute approximate surface area is 127 Å². The van der Waals surface area contributed by atoms with Crippen LogP contribution in [0.4, 0.5) is 0 Å². The predicted molar refractivity (Wildman–Crippen MR) is 80.6 cm³/mol. The van der Waals surface area contributed by atoms with E-state index in [0.29, 0.717) is 11.3 Å². The molecule has 3 rings (SSSR count). The quantitative estimate of drug-likeness (QED) is 0.851. The van der Waals surface area contributed by atoms with Crippen LogP contribution in [0.3, 0.4) is 0 Å². The van der Waals surface area contributed by atoms with Gasteiger partial charge in [0.1, 0.15) is 10.1 Å². The van der Waals surface area contributed by atoms with Crippen LogP contribution in [0.5, 0.6) is 0 Å². The summed E-state index contributed by atoms with van der Waals surface area (Å²) in [6.07, 6.45) is 0.426.